The predicted molar refractivity (Wildman–Crippen MR) is 69.1 cm³/mol. The zero-order valence-electron chi connectivity index (χ0n) is 10.6. The quantitative estimate of drug-likeness (QED) is 0.797. The summed E-state index contributed by atoms with van der Waals surface area (Å²) in [7, 11) is 3.38. The Morgan fingerprint density at radius 3 is 2.89 bits per heavy atom. The largest absolute Gasteiger partial charge is 0.347 e. The van der Waals surface area contributed by atoms with Crippen LogP contribution in [0.1, 0.15) is 11.1 Å². The van der Waals surface area contributed by atoms with Crippen molar-refractivity contribution in [1.82, 2.24) is 4.90 Å². The third-order valence-corrected chi connectivity index (χ3v) is 3.01. The molecule has 1 aliphatic rings. The number of likely N-dealkylation sites (N-methyl/N-ethyl adjacent to an activating group) is 1. The molecule has 1 aliphatic heterocycles. The smallest absolute Gasteiger partial charge is 0.239 e. The number of nitrogens with two attached hydrogens (primary N) is 1. The molecule has 0 aromatic heterocycles. The van der Waals surface area contributed by atoms with E-state index in [4.69, 9.17) is 5.73 Å². The highest BCUT2D eigenvalue weighted by Crippen LogP contribution is 2.24. The lowest BCUT2D eigenvalue weighted by molar-refractivity contribution is -0.130. The minimum Gasteiger partial charge on any atom is -0.347 e. The van der Waals surface area contributed by atoms with Gasteiger partial charge in [-0.1, -0.05) is 12.1 Å². The van der Waals surface area contributed by atoms with Gasteiger partial charge in [-0.05, 0) is 23.6 Å². The number of carbonyl (C=O) groups excluding carboxylic acids is 2. The van der Waals surface area contributed by atoms with Crippen LogP contribution >= 0.6 is 0 Å². The molecule has 0 fully saturated rings. The fourth-order valence-electron chi connectivity index (χ4n) is 2.08. The first-order valence-corrected chi connectivity index (χ1v) is 5.86. The average Bonchev–Trinajstić information content (AvgIpc) is 2.67. The molecule has 3 N–H and O–H groups in total. The van der Waals surface area contributed by atoms with Crippen molar-refractivity contribution in [3.05, 3.63) is 29.3 Å². The number of amides is 2. The Kier molecular flexibility index (Phi) is 3.34. The van der Waals surface area contributed by atoms with Crippen LogP contribution in [0.3, 0.4) is 0 Å². The van der Waals surface area contributed by atoms with E-state index in [1.807, 2.05) is 18.2 Å². The number of hydrogen-bond acceptors (Lipinski definition) is 3. The summed E-state index contributed by atoms with van der Waals surface area (Å²) >= 11 is 0. The molecule has 1 aromatic carbocycles. The maximum Gasteiger partial charge on any atom is 0.239 e. The molecular formula is C13H17N3O2. The van der Waals surface area contributed by atoms with Crippen molar-refractivity contribution in [1.29, 1.82) is 0 Å². The van der Waals surface area contributed by atoms with Crippen LogP contribution in [0, 0.1) is 0 Å². The maximum absolute atomic E-state index is 11.7. The molecule has 96 valence electrons. The van der Waals surface area contributed by atoms with Gasteiger partial charge in [0.25, 0.3) is 0 Å². The minimum atomic E-state index is -0.539. The van der Waals surface area contributed by atoms with Crippen LogP contribution in [-0.2, 0) is 22.4 Å². The van der Waals surface area contributed by atoms with E-state index < -0.39 is 6.04 Å². The molecule has 5 heteroatoms. The molecule has 1 aromatic rings. The Hall–Kier alpha value is -1.88. The fraction of sp³-hybridized carbons (Fsp3) is 0.385. The number of rotatable bonds is 3. The molecule has 18 heavy (non-hydrogen) atoms. The van der Waals surface area contributed by atoms with E-state index in [0.717, 1.165) is 16.8 Å². The van der Waals surface area contributed by atoms with Crippen molar-refractivity contribution < 1.29 is 9.59 Å². The van der Waals surface area contributed by atoms with Crippen molar-refractivity contribution in [2.24, 2.45) is 5.73 Å². The van der Waals surface area contributed by atoms with Gasteiger partial charge in [-0.25, -0.2) is 0 Å². The lowest BCUT2D eigenvalue weighted by atomic mass is 10.0. The molecule has 1 heterocycles. The van der Waals surface area contributed by atoms with Gasteiger partial charge in [-0.15, -0.1) is 0 Å². The van der Waals surface area contributed by atoms with Crippen LogP contribution in [0.2, 0.25) is 0 Å². The highest BCUT2D eigenvalue weighted by atomic mass is 16.2. The van der Waals surface area contributed by atoms with Crippen molar-refractivity contribution in [2.45, 2.75) is 18.9 Å². The van der Waals surface area contributed by atoms with Crippen molar-refractivity contribution in [3.63, 3.8) is 0 Å². The first kappa shape index (κ1) is 12.6. The van der Waals surface area contributed by atoms with E-state index in [0.29, 0.717) is 12.8 Å². The first-order valence-electron chi connectivity index (χ1n) is 5.86. The molecule has 0 saturated carbocycles. The maximum atomic E-state index is 11.7. The van der Waals surface area contributed by atoms with Crippen LogP contribution in [0.4, 0.5) is 5.69 Å². The Morgan fingerprint density at radius 1 is 1.50 bits per heavy atom. The number of nitrogens with one attached hydrogen (secondary N) is 1. The van der Waals surface area contributed by atoms with Crippen LogP contribution in [0.5, 0.6) is 0 Å². The summed E-state index contributed by atoms with van der Waals surface area (Å²) in [5.41, 5.74) is 8.66. The van der Waals surface area contributed by atoms with Crippen molar-refractivity contribution >= 4 is 17.5 Å². The molecular weight excluding hydrogens is 230 g/mol. The highest BCUT2D eigenvalue weighted by molar-refractivity contribution is 5.99. The molecule has 0 spiro atoms. The molecule has 1 unspecified atom stereocenters. The normalized spacial score (nSPS) is 14.9. The third kappa shape index (κ3) is 2.51. The van der Waals surface area contributed by atoms with Gasteiger partial charge in [0.15, 0.2) is 0 Å². The Bertz CT molecular complexity index is 497. The van der Waals surface area contributed by atoms with Crippen LogP contribution in [0.25, 0.3) is 0 Å². The lowest BCUT2D eigenvalue weighted by Crippen LogP contribution is -2.41. The SMILES string of the molecule is CN(C)C(=O)C(N)Cc1ccc2c(c1)CC(=O)N2. The standard InChI is InChI=1S/C13H17N3O2/c1-16(2)13(18)10(14)6-8-3-4-11-9(5-8)7-12(17)15-11/h3-5,10H,6-7,14H2,1-2H3,(H,15,17). The summed E-state index contributed by atoms with van der Waals surface area (Å²) in [5, 5.41) is 2.77. The fourth-order valence-corrected chi connectivity index (χ4v) is 2.08. The van der Waals surface area contributed by atoms with Gasteiger partial charge < -0.3 is 16.0 Å². The van der Waals surface area contributed by atoms with Gasteiger partial charge in [0.05, 0.1) is 12.5 Å². The van der Waals surface area contributed by atoms with E-state index in [2.05, 4.69) is 5.32 Å². The highest BCUT2D eigenvalue weighted by Gasteiger charge is 2.20. The van der Waals surface area contributed by atoms with Gasteiger partial charge in [0.2, 0.25) is 11.8 Å². The van der Waals surface area contributed by atoms with Gasteiger partial charge in [0.1, 0.15) is 0 Å². The molecule has 2 amide bonds. The minimum absolute atomic E-state index is 0.0100. The van der Waals surface area contributed by atoms with Gasteiger partial charge >= 0.3 is 0 Å². The van der Waals surface area contributed by atoms with E-state index in [1.54, 1.807) is 14.1 Å². The molecule has 0 radical (unpaired) electrons. The van der Waals surface area contributed by atoms with Crippen LogP contribution < -0.4 is 11.1 Å². The zero-order chi connectivity index (χ0) is 13.3. The summed E-state index contributed by atoms with van der Waals surface area (Å²) in [5.74, 6) is -0.0829. The third-order valence-electron chi connectivity index (χ3n) is 3.01. The predicted octanol–water partition coefficient (Wildman–Crippen LogP) is 0.139. The zero-order valence-corrected chi connectivity index (χ0v) is 10.6. The molecule has 2 rings (SSSR count). The second kappa shape index (κ2) is 4.78. The number of anilines is 1. The Morgan fingerprint density at radius 2 is 2.22 bits per heavy atom. The molecule has 1 atom stereocenters. The molecule has 0 aliphatic carbocycles. The van der Waals surface area contributed by atoms with Crippen molar-refractivity contribution in [2.75, 3.05) is 19.4 Å². The summed E-state index contributed by atoms with van der Waals surface area (Å²) < 4.78 is 0. The number of nitrogens with zero attached hydrogens (tertiary/aromatic N) is 1. The van der Waals surface area contributed by atoms with Crippen molar-refractivity contribution in [3.8, 4) is 0 Å². The molecule has 0 bridgehead atoms. The molecule has 0 saturated heterocycles. The Labute approximate surface area is 106 Å². The summed E-state index contributed by atoms with van der Waals surface area (Å²) in [4.78, 5) is 24.4. The number of fused-ring (bicyclic) bond motifs is 1. The van der Waals surface area contributed by atoms with Gasteiger partial charge in [0, 0.05) is 19.8 Å². The van der Waals surface area contributed by atoms with E-state index in [9.17, 15) is 9.59 Å². The van der Waals surface area contributed by atoms with E-state index >= 15 is 0 Å². The number of hydrogen-bond donors (Lipinski definition) is 2. The van der Waals surface area contributed by atoms with Gasteiger partial charge in [-0.2, -0.15) is 0 Å². The van der Waals surface area contributed by atoms with Crippen LogP contribution in [0.15, 0.2) is 18.2 Å². The van der Waals surface area contributed by atoms with E-state index in [-0.39, 0.29) is 11.8 Å². The topological polar surface area (TPSA) is 75.4 Å². The van der Waals surface area contributed by atoms with E-state index in [1.165, 1.54) is 4.90 Å². The Balaban J connectivity index is 2.10. The first-order chi connectivity index (χ1) is 8.47. The summed E-state index contributed by atoms with van der Waals surface area (Å²) in [6.45, 7) is 0. The number of carbonyl (C=O) groups is 2. The average molecular weight is 247 g/mol. The summed E-state index contributed by atoms with van der Waals surface area (Å²) in [6.07, 6.45) is 0.887. The monoisotopic (exact) mass is 247 g/mol. The number of benzene rings is 1. The lowest BCUT2D eigenvalue weighted by Gasteiger charge is -2.16. The molecule has 5 nitrogen and oxygen atoms in total. The second-order valence-corrected chi connectivity index (χ2v) is 4.76. The van der Waals surface area contributed by atoms with Gasteiger partial charge in [-0.3, -0.25) is 9.59 Å². The van der Waals surface area contributed by atoms with Crippen LogP contribution in [-0.4, -0.2) is 36.9 Å². The second-order valence-electron chi connectivity index (χ2n) is 4.76. The summed E-state index contributed by atoms with van der Waals surface area (Å²) in [6, 6.07) is 5.16.